The molecule has 0 aromatic heterocycles. The lowest BCUT2D eigenvalue weighted by molar-refractivity contribution is 0.0977. The van der Waals surface area contributed by atoms with Crippen LogP contribution in [0.4, 0.5) is 0 Å². The molecule has 0 saturated carbocycles. The molecule has 0 saturated heterocycles. The second-order valence-corrected chi connectivity index (χ2v) is 4.96. The first-order valence-corrected chi connectivity index (χ1v) is 9.05. The Hall–Kier alpha value is -2.15. The number of hydrogen-bond acceptors (Lipinski definition) is 1. The number of ketones is 1. The van der Waals surface area contributed by atoms with Crippen LogP contribution in [-0.2, 0) is 0 Å². The molecule has 1 atom stereocenters. The van der Waals surface area contributed by atoms with Gasteiger partial charge in [0, 0.05) is 12.0 Å². The smallest absolute Gasteiger partial charge is 0.162 e. The molecule has 130 valence electrons. The van der Waals surface area contributed by atoms with Gasteiger partial charge in [0.2, 0.25) is 0 Å². The molecule has 0 N–H and O–H groups in total. The van der Waals surface area contributed by atoms with Crippen molar-refractivity contribution in [3.05, 3.63) is 84.4 Å². The topological polar surface area (TPSA) is 17.1 Å². The van der Waals surface area contributed by atoms with E-state index in [-0.39, 0.29) is 5.78 Å². The minimum absolute atomic E-state index is 0.218. The number of carbonyl (C=O) groups excluding carboxylic acids is 1. The Morgan fingerprint density at radius 3 is 1.92 bits per heavy atom. The number of carbonyl (C=O) groups is 1. The predicted octanol–water partition coefficient (Wildman–Crippen LogP) is 7.06. The van der Waals surface area contributed by atoms with Crippen LogP contribution in [0.2, 0.25) is 0 Å². The van der Waals surface area contributed by atoms with Crippen molar-refractivity contribution in [2.45, 2.75) is 52.9 Å². The minimum atomic E-state index is 0.218. The van der Waals surface area contributed by atoms with Crippen LogP contribution in [0.3, 0.4) is 0 Å². The van der Waals surface area contributed by atoms with Crippen molar-refractivity contribution >= 4 is 5.78 Å². The summed E-state index contributed by atoms with van der Waals surface area (Å²) < 4.78 is 0. The first-order valence-electron chi connectivity index (χ1n) is 9.05. The van der Waals surface area contributed by atoms with Gasteiger partial charge in [-0.25, -0.2) is 0 Å². The van der Waals surface area contributed by atoms with Gasteiger partial charge >= 0.3 is 0 Å². The first kappa shape index (κ1) is 21.9. The molecule has 2 aromatic rings. The molecule has 0 spiro atoms. The molecule has 1 nitrogen and oxygen atoms in total. The fraction of sp³-hybridized carbons (Fsp3) is 0.348. The largest absolute Gasteiger partial charge is 0.294 e. The summed E-state index contributed by atoms with van der Waals surface area (Å²) in [5, 5.41) is 0. The minimum Gasteiger partial charge on any atom is -0.294 e. The van der Waals surface area contributed by atoms with Crippen molar-refractivity contribution in [3.63, 3.8) is 0 Å². The van der Waals surface area contributed by atoms with Crippen molar-refractivity contribution < 1.29 is 4.79 Å². The number of rotatable bonds is 7. The zero-order chi connectivity index (χ0) is 18.2. The Morgan fingerprint density at radius 2 is 1.42 bits per heavy atom. The van der Waals surface area contributed by atoms with Crippen LogP contribution >= 0.6 is 0 Å². The summed E-state index contributed by atoms with van der Waals surface area (Å²) in [6.45, 7) is 11.8. The molecule has 0 unspecified atom stereocenters. The first-order chi connectivity index (χ1) is 11.8. The Balaban J connectivity index is 0.00000123. The third-order valence-corrected chi connectivity index (χ3v) is 3.54. The van der Waals surface area contributed by atoms with Gasteiger partial charge in [-0.15, -0.1) is 6.58 Å². The normalized spacial score (nSPS) is 10.3. The Kier molecular flexibility index (Phi) is 13.1. The van der Waals surface area contributed by atoms with Crippen LogP contribution < -0.4 is 0 Å². The number of benzene rings is 2. The van der Waals surface area contributed by atoms with Crippen LogP contribution in [0.25, 0.3) is 0 Å². The highest BCUT2D eigenvalue weighted by molar-refractivity contribution is 5.95. The summed E-state index contributed by atoms with van der Waals surface area (Å²) in [6, 6.07) is 19.9. The van der Waals surface area contributed by atoms with Crippen molar-refractivity contribution in [2.24, 2.45) is 0 Å². The zero-order valence-corrected chi connectivity index (χ0v) is 15.7. The van der Waals surface area contributed by atoms with E-state index in [1.54, 1.807) is 0 Å². The van der Waals surface area contributed by atoms with Crippen molar-refractivity contribution in [1.29, 1.82) is 0 Å². The second kappa shape index (κ2) is 14.4. The highest BCUT2D eigenvalue weighted by Crippen LogP contribution is 2.25. The van der Waals surface area contributed by atoms with Gasteiger partial charge in [-0.2, -0.15) is 0 Å². The van der Waals surface area contributed by atoms with Crippen LogP contribution in [0, 0.1) is 0 Å². The SMILES string of the molecule is C=CC[C@H](CCC(=O)c1ccccc1)c1ccccc1.CC.CC. The highest BCUT2D eigenvalue weighted by atomic mass is 16.1. The molecule has 0 aliphatic heterocycles. The predicted molar refractivity (Wildman–Crippen MR) is 107 cm³/mol. The monoisotopic (exact) mass is 324 g/mol. The molecule has 2 aromatic carbocycles. The number of allylic oxidation sites excluding steroid dienone is 1. The lowest BCUT2D eigenvalue weighted by Crippen LogP contribution is -2.04. The molecular weight excluding hydrogens is 292 g/mol. The van der Waals surface area contributed by atoms with E-state index in [1.807, 2.05) is 82.3 Å². The van der Waals surface area contributed by atoms with Gasteiger partial charge in [-0.05, 0) is 24.3 Å². The molecule has 0 aliphatic rings. The maximum absolute atomic E-state index is 12.2. The lowest BCUT2D eigenvalue weighted by atomic mass is 9.89. The van der Waals surface area contributed by atoms with Crippen LogP contribution in [0.15, 0.2) is 73.3 Å². The van der Waals surface area contributed by atoms with Gasteiger partial charge in [0.05, 0.1) is 0 Å². The third-order valence-electron chi connectivity index (χ3n) is 3.54. The Labute approximate surface area is 148 Å². The van der Waals surface area contributed by atoms with Crippen LogP contribution in [0.1, 0.15) is 68.8 Å². The second-order valence-electron chi connectivity index (χ2n) is 4.96. The van der Waals surface area contributed by atoms with E-state index in [0.717, 1.165) is 18.4 Å². The van der Waals surface area contributed by atoms with Gasteiger partial charge in [-0.1, -0.05) is 94.4 Å². The molecule has 0 radical (unpaired) electrons. The van der Waals surface area contributed by atoms with E-state index < -0.39 is 0 Å². The molecule has 0 bridgehead atoms. The summed E-state index contributed by atoms with van der Waals surface area (Å²) in [5.74, 6) is 0.594. The van der Waals surface area contributed by atoms with E-state index in [9.17, 15) is 4.79 Å². The fourth-order valence-corrected chi connectivity index (χ4v) is 2.42. The van der Waals surface area contributed by atoms with Gasteiger partial charge in [0.1, 0.15) is 0 Å². The number of hydrogen-bond donors (Lipinski definition) is 0. The molecule has 0 amide bonds. The molecule has 0 aliphatic carbocycles. The third kappa shape index (κ3) is 7.92. The number of Topliss-reactive ketones (excluding diaryl/α,β-unsaturated/α-hetero) is 1. The molecule has 0 heterocycles. The van der Waals surface area contributed by atoms with Crippen molar-refractivity contribution in [1.82, 2.24) is 0 Å². The van der Waals surface area contributed by atoms with E-state index in [1.165, 1.54) is 5.56 Å². The van der Waals surface area contributed by atoms with E-state index in [0.29, 0.717) is 12.3 Å². The zero-order valence-electron chi connectivity index (χ0n) is 15.7. The van der Waals surface area contributed by atoms with Gasteiger partial charge in [0.25, 0.3) is 0 Å². The molecule has 2 rings (SSSR count). The van der Waals surface area contributed by atoms with Gasteiger partial charge in [-0.3, -0.25) is 4.79 Å². The molecule has 0 fully saturated rings. The van der Waals surface area contributed by atoms with Crippen LogP contribution in [0.5, 0.6) is 0 Å². The standard InChI is InChI=1S/C19H20O.2C2H6/c1-2-9-16(17-10-5-3-6-11-17)14-15-19(20)18-12-7-4-8-13-18;2*1-2/h2-8,10-13,16H,1,9,14-15H2;2*1-2H3/t16-;;/m1../s1. The Morgan fingerprint density at radius 1 is 0.917 bits per heavy atom. The van der Waals surface area contributed by atoms with Crippen molar-refractivity contribution in [3.8, 4) is 0 Å². The van der Waals surface area contributed by atoms with E-state index in [4.69, 9.17) is 0 Å². The molecular formula is C23H32O. The lowest BCUT2D eigenvalue weighted by Gasteiger charge is -2.15. The van der Waals surface area contributed by atoms with Crippen LogP contribution in [-0.4, -0.2) is 5.78 Å². The molecule has 1 heteroatoms. The summed E-state index contributed by atoms with van der Waals surface area (Å²) in [5.41, 5.74) is 2.09. The van der Waals surface area contributed by atoms with E-state index in [2.05, 4.69) is 18.7 Å². The maximum Gasteiger partial charge on any atom is 0.162 e. The van der Waals surface area contributed by atoms with Crippen molar-refractivity contribution in [2.75, 3.05) is 0 Å². The average molecular weight is 325 g/mol. The average Bonchev–Trinajstić information content (AvgIpc) is 2.69. The highest BCUT2D eigenvalue weighted by Gasteiger charge is 2.13. The molecule has 24 heavy (non-hydrogen) atoms. The summed E-state index contributed by atoms with van der Waals surface area (Å²) in [6.07, 6.45) is 4.29. The summed E-state index contributed by atoms with van der Waals surface area (Å²) in [4.78, 5) is 12.2. The maximum atomic E-state index is 12.2. The summed E-state index contributed by atoms with van der Waals surface area (Å²) in [7, 11) is 0. The fourth-order valence-electron chi connectivity index (χ4n) is 2.42. The summed E-state index contributed by atoms with van der Waals surface area (Å²) >= 11 is 0. The van der Waals surface area contributed by atoms with E-state index >= 15 is 0 Å². The Bertz CT molecular complexity index is 543. The van der Waals surface area contributed by atoms with Gasteiger partial charge in [0.15, 0.2) is 5.78 Å². The van der Waals surface area contributed by atoms with Gasteiger partial charge < -0.3 is 0 Å². The quantitative estimate of drug-likeness (QED) is 0.393.